The topological polar surface area (TPSA) is 95.5 Å². The molecule has 0 radical (unpaired) electrons. The minimum Gasteiger partial charge on any atom is -0.480 e. The van der Waals surface area contributed by atoms with Gasteiger partial charge in [0.25, 0.3) is 5.91 Å². The molecule has 0 bridgehead atoms. The highest BCUT2D eigenvalue weighted by Crippen LogP contribution is 2.31. The Hall–Kier alpha value is -2.28. The Morgan fingerprint density at radius 3 is 2.11 bits per heavy atom. The highest BCUT2D eigenvalue weighted by molar-refractivity contribution is 6.40. The van der Waals surface area contributed by atoms with Crippen LogP contribution in [0.1, 0.15) is 10.4 Å². The summed E-state index contributed by atoms with van der Waals surface area (Å²) < 4.78 is 0. The third-order valence-corrected chi connectivity index (χ3v) is 4.44. The molecule has 0 heterocycles. The molecule has 0 aliphatic carbocycles. The van der Waals surface area contributed by atoms with Gasteiger partial charge in [0.05, 0.1) is 15.6 Å². The molecule has 2 aromatic rings. The Labute approximate surface area is 170 Å². The van der Waals surface area contributed by atoms with E-state index >= 15 is 0 Å². The highest BCUT2D eigenvalue weighted by atomic mass is 35.5. The summed E-state index contributed by atoms with van der Waals surface area (Å²) in [5.41, 5.74) is 1.53. The smallest absolute Gasteiger partial charge is 0.328 e. The average Bonchev–Trinajstić information content (AvgIpc) is 2.64. The van der Waals surface area contributed by atoms with Crippen molar-refractivity contribution in [3.05, 3.63) is 58.1 Å². The Kier molecular flexibility index (Phi) is 7.47. The maximum Gasteiger partial charge on any atom is 0.328 e. The third kappa shape index (κ3) is 5.60. The SMILES string of the molecule is O=C(CCl)NC[C@H](NC(=O)c1c(Cl)cc(-c2ccccc2)cc1Cl)C(=O)O. The van der Waals surface area contributed by atoms with Crippen molar-refractivity contribution in [2.24, 2.45) is 0 Å². The van der Waals surface area contributed by atoms with Gasteiger partial charge in [-0.3, -0.25) is 9.59 Å². The predicted octanol–water partition coefficient (Wildman–Crippen LogP) is 3.20. The van der Waals surface area contributed by atoms with Gasteiger partial charge in [0.15, 0.2) is 0 Å². The number of carboxylic acids is 1. The molecule has 0 aromatic heterocycles. The average molecular weight is 430 g/mol. The standard InChI is InChI=1S/C18H15Cl3N2O4/c19-8-15(24)22-9-14(18(26)27)23-17(25)16-12(20)6-11(7-13(16)21)10-4-2-1-3-5-10/h1-7,14H,8-9H2,(H,22,24)(H,23,25)(H,26,27)/t14-/m0/s1. The number of nitrogens with one attached hydrogen (secondary N) is 2. The fourth-order valence-corrected chi connectivity index (χ4v) is 3.03. The second-order valence-corrected chi connectivity index (χ2v) is 6.56. The first-order valence-corrected chi connectivity index (χ1v) is 9.03. The molecule has 1 atom stereocenters. The molecule has 27 heavy (non-hydrogen) atoms. The van der Waals surface area contributed by atoms with Crippen LogP contribution in [-0.4, -0.2) is 41.4 Å². The molecule has 9 heteroatoms. The lowest BCUT2D eigenvalue weighted by atomic mass is 10.0. The van der Waals surface area contributed by atoms with Crippen molar-refractivity contribution >= 4 is 52.6 Å². The van der Waals surface area contributed by atoms with E-state index in [0.717, 1.165) is 5.56 Å². The summed E-state index contributed by atoms with van der Waals surface area (Å²) in [4.78, 5) is 35.0. The minimum atomic E-state index is -1.37. The van der Waals surface area contributed by atoms with Crippen LogP contribution in [0.5, 0.6) is 0 Å². The van der Waals surface area contributed by atoms with Crippen LogP contribution in [0, 0.1) is 0 Å². The van der Waals surface area contributed by atoms with E-state index in [1.807, 2.05) is 30.3 Å². The lowest BCUT2D eigenvalue weighted by Gasteiger charge is -2.16. The van der Waals surface area contributed by atoms with E-state index in [-0.39, 0.29) is 28.0 Å². The lowest BCUT2D eigenvalue weighted by molar-refractivity contribution is -0.139. The molecule has 0 aliphatic rings. The molecule has 2 aromatic carbocycles. The molecule has 0 saturated carbocycles. The zero-order valence-electron chi connectivity index (χ0n) is 13.8. The third-order valence-electron chi connectivity index (χ3n) is 3.60. The molecule has 2 amide bonds. The van der Waals surface area contributed by atoms with Gasteiger partial charge < -0.3 is 15.7 Å². The number of rotatable bonds is 7. The van der Waals surface area contributed by atoms with Crippen LogP contribution in [0.3, 0.4) is 0 Å². The summed E-state index contributed by atoms with van der Waals surface area (Å²) in [6.07, 6.45) is 0. The van der Waals surface area contributed by atoms with E-state index < -0.39 is 23.8 Å². The number of hydrogen-bond donors (Lipinski definition) is 3. The van der Waals surface area contributed by atoms with E-state index in [9.17, 15) is 19.5 Å². The summed E-state index contributed by atoms with van der Waals surface area (Å²) in [7, 11) is 0. The van der Waals surface area contributed by atoms with E-state index in [1.54, 1.807) is 12.1 Å². The summed E-state index contributed by atoms with van der Waals surface area (Å²) in [6.45, 7) is -0.329. The number of aliphatic carboxylic acids is 1. The summed E-state index contributed by atoms with van der Waals surface area (Å²) in [6, 6.07) is 11.1. The molecular formula is C18H15Cl3N2O4. The Morgan fingerprint density at radius 1 is 1.00 bits per heavy atom. The van der Waals surface area contributed by atoms with Crippen LogP contribution in [0.15, 0.2) is 42.5 Å². The van der Waals surface area contributed by atoms with Crippen molar-refractivity contribution in [2.75, 3.05) is 12.4 Å². The number of hydrogen-bond acceptors (Lipinski definition) is 3. The number of halogens is 3. The van der Waals surface area contributed by atoms with Gasteiger partial charge in [-0.25, -0.2) is 4.79 Å². The Bertz CT molecular complexity index is 836. The van der Waals surface area contributed by atoms with Gasteiger partial charge >= 0.3 is 5.97 Å². The van der Waals surface area contributed by atoms with Crippen molar-refractivity contribution in [1.29, 1.82) is 0 Å². The molecule has 0 spiro atoms. The number of carboxylic acid groups (broad SMARTS) is 1. The molecule has 142 valence electrons. The monoisotopic (exact) mass is 428 g/mol. The van der Waals surface area contributed by atoms with Crippen LogP contribution in [0.4, 0.5) is 0 Å². The largest absolute Gasteiger partial charge is 0.480 e. The van der Waals surface area contributed by atoms with Crippen LogP contribution in [0.25, 0.3) is 11.1 Å². The zero-order valence-corrected chi connectivity index (χ0v) is 16.1. The first kappa shape index (κ1) is 21.0. The molecule has 0 saturated heterocycles. The number of alkyl halides is 1. The zero-order chi connectivity index (χ0) is 20.0. The molecular weight excluding hydrogens is 415 g/mol. The van der Waals surface area contributed by atoms with Crippen LogP contribution in [0.2, 0.25) is 10.0 Å². The predicted molar refractivity (Wildman–Crippen MR) is 105 cm³/mol. The van der Waals surface area contributed by atoms with Gasteiger partial charge in [-0.05, 0) is 23.3 Å². The van der Waals surface area contributed by atoms with E-state index in [0.29, 0.717) is 5.56 Å². The van der Waals surface area contributed by atoms with Crippen molar-refractivity contribution < 1.29 is 19.5 Å². The van der Waals surface area contributed by atoms with Gasteiger partial charge in [0.1, 0.15) is 11.9 Å². The van der Waals surface area contributed by atoms with Gasteiger partial charge in [0.2, 0.25) is 5.91 Å². The molecule has 3 N–H and O–H groups in total. The summed E-state index contributed by atoms with van der Waals surface area (Å²) >= 11 is 17.8. The van der Waals surface area contributed by atoms with Gasteiger partial charge in [-0.1, -0.05) is 53.5 Å². The van der Waals surface area contributed by atoms with Gasteiger partial charge in [-0.2, -0.15) is 0 Å². The fourth-order valence-electron chi connectivity index (χ4n) is 2.28. The van der Waals surface area contributed by atoms with Crippen molar-refractivity contribution in [3.8, 4) is 11.1 Å². The molecule has 0 fully saturated rings. The molecule has 0 aliphatic heterocycles. The number of amides is 2. The molecule has 2 rings (SSSR count). The van der Waals surface area contributed by atoms with Crippen LogP contribution < -0.4 is 10.6 Å². The minimum absolute atomic E-state index is 0.0482. The molecule has 0 unspecified atom stereocenters. The maximum absolute atomic E-state index is 12.5. The van der Waals surface area contributed by atoms with Crippen molar-refractivity contribution in [1.82, 2.24) is 10.6 Å². The quantitative estimate of drug-likeness (QED) is 0.589. The van der Waals surface area contributed by atoms with Crippen molar-refractivity contribution in [2.45, 2.75) is 6.04 Å². The first-order valence-electron chi connectivity index (χ1n) is 7.74. The second kappa shape index (κ2) is 9.60. The van der Waals surface area contributed by atoms with Gasteiger partial charge in [-0.15, -0.1) is 11.6 Å². The van der Waals surface area contributed by atoms with Crippen LogP contribution in [-0.2, 0) is 9.59 Å². The van der Waals surface area contributed by atoms with Crippen molar-refractivity contribution in [3.63, 3.8) is 0 Å². The van der Waals surface area contributed by atoms with Crippen LogP contribution >= 0.6 is 34.8 Å². The normalized spacial score (nSPS) is 11.5. The summed E-state index contributed by atoms with van der Waals surface area (Å²) in [5.74, 6) is -2.97. The maximum atomic E-state index is 12.5. The second-order valence-electron chi connectivity index (χ2n) is 5.48. The number of carbonyl (C=O) groups is 3. The number of benzene rings is 2. The Balaban J connectivity index is 2.22. The first-order chi connectivity index (χ1) is 12.8. The lowest BCUT2D eigenvalue weighted by Crippen LogP contribution is -2.48. The Morgan fingerprint density at radius 2 is 1.59 bits per heavy atom. The van der Waals surface area contributed by atoms with E-state index in [2.05, 4.69) is 10.6 Å². The number of carbonyl (C=O) groups excluding carboxylic acids is 2. The van der Waals surface area contributed by atoms with E-state index in [4.69, 9.17) is 34.8 Å². The fraction of sp³-hybridized carbons (Fsp3) is 0.167. The molecule has 6 nitrogen and oxygen atoms in total. The highest BCUT2D eigenvalue weighted by Gasteiger charge is 2.24. The van der Waals surface area contributed by atoms with E-state index in [1.165, 1.54) is 0 Å². The van der Waals surface area contributed by atoms with Gasteiger partial charge in [0, 0.05) is 6.54 Å². The summed E-state index contributed by atoms with van der Waals surface area (Å²) in [5, 5.41) is 14.0.